The topological polar surface area (TPSA) is 89.5 Å². The smallest absolute Gasteiger partial charge is 0.340 e. The summed E-state index contributed by atoms with van der Waals surface area (Å²) >= 11 is 0. The highest BCUT2D eigenvalue weighted by Gasteiger charge is 2.15. The molecule has 0 aliphatic rings. The monoisotopic (exact) mass is 391 g/mol. The molecule has 148 valence electrons. The summed E-state index contributed by atoms with van der Waals surface area (Å²) in [6.45, 7) is 1.98. The van der Waals surface area contributed by atoms with Crippen LogP contribution < -0.4 is 15.4 Å². The number of nitrogens with zero attached hydrogens (tertiary/aromatic N) is 1. The number of nitrogens with one attached hydrogen (secondary N) is 2. The molecule has 0 radical (unpaired) electrons. The number of aromatic nitrogens is 1. The second-order valence-corrected chi connectivity index (χ2v) is 6.01. The van der Waals surface area contributed by atoms with Crippen LogP contribution in [0, 0.1) is 0 Å². The van der Waals surface area contributed by atoms with Crippen LogP contribution in [0.4, 0.5) is 17.1 Å². The highest BCUT2D eigenvalue weighted by atomic mass is 16.5. The van der Waals surface area contributed by atoms with Gasteiger partial charge >= 0.3 is 5.97 Å². The number of carbonyl (C=O) groups excluding carboxylic acids is 2. The summed E-state index contributed by atoms with van der Waals surface area (Å²) in [6.07, 6.45) is 3.06. The molecule has 1 aromatic heterocycles. The van der Waals surface area contributed by atoms with Gasteiger partial charge in [-0.25, -0.2) is 4.79 Å². The predicted octanol–water partition coefficient (Wildman–Crippen LogP) is 4.26. The first kappa shape index (κ1) is 19.9. The van der Waals surface area contributed by atoms with Crippen molar-refractivity contribution >= 4 is 28.9 Å². The van der Waals surface area contributed by atoms with E-state index in [1.165, 1.54) is 6.20 Å². The first-order valence-electron chi connectivity index (χ1n) is 9.05. The van der Waals surface area contributed by atoms with E-state index < -0.39 is 11.9 Å². The molecule has 1 amide bonds. The van der Waals surface area contributed by atoms with Crippen LogP contribution in [-0.2, 0) is 4.74 Å². The van der Waals surface area contributed by atoms with Gasteiger partial charge in [0.2, 0.25) is 0 Å². The van der Waals surface area contributed by atoms with E-state index in [4.69, 9.17) is 9.47 Å². The fourth-order valence-corrected chi connectivity index (χ4v) is 2.71. The largest absolute Gasteiger partial charge is 0.495 e. The lowest BCUT2D eigenvalue weighted by Gasteiger charge is -2.12. The molecule has 0 saturated heterocycles. The zero-order valence-electron chi connectivity index (χ0n) is 16.1. The Hall–Kier alpha value is -3.87. The number of ether oxygens (including phenoxy) is 2. The molecule has 0 bridgehead atoms. The zero-order valence-corrected chi connectivity index (χ0v) is 16.1. The van der Waals surface area contributed by atoms with Crippen molar-refractivity contribution in [3.63, 3.8) is 0 Å². The molecule has 1 heterocycles. The van der Waals surface area contributed by atoms with Gasteiger partial charge in [-0.1, -0.05) is 24.3 Å². The number of para-hydroxylation sites is 3. The Morgan fingerprint density at radius 3 is 2.48 bits per heavy atom. The second-order valence-electron chi connectivity index (χ2n) is 6.01. The lowest BCUT2D eigenvalue weighted by atomic mass is 10.1. The van der Waals surface area contributed by atoms with Crippen molar-refractivity contribution in [2.75, 3.05) is 24.4 Å². The molecule has 0 fully saturated rings. The Morgan fingerprint density at radius 2 is 1.72 bits per heavy atom. The second kappa shape index (κ2) is 9.36. The number of pyridine rings is 1. The lowest BCUT2D eigenvalue weighted by Crippen LogP contribution is -2.16. The minimum atomic E-state index is -0.492. The van der Waals surface area contributed by atoms with E-state index >= 15 is 0 Å². The first-order valence-corrected chi connectivity index (χ1v) is 9.05. The third-order valence-electron chi connectivity index (χ3n) is 4.06. The van der Waals surface area contributed by atoms with Gasteiger partial charge in [-0.3, -0.25) is 9.78 Å². The predicted molar refractivity (Wildman–Crippen MR) is 111 cm³/mol. The highest BCUT2D eigenvalue weighted by Crippen LogP contribution is 2.27. The summed E-state index contributed by atoms with van der Waals surface area (Å²) in [5.74, 6) is -0.211. The van der Waals surface area contributed by atoms with Crippen LogP contribution in [-0.4, -0.2) is 30.6 Å². The molecule has 0 unspecified atom stereocenters. The van der Waals surface area contributed by atoms with Gasteiger partial charge in [-0.05, 0) is 37.3 Å². The number of carbonyl (C=O) groups is 2. The van der Waals surface area contributed by atoms with Gasteiger partial charge in [0.15, 0.2) is 0 Å². The van der Waals surface area contributed by atoms with Crippen molar-refractivity contribution in [3.05, 3.63) is 78.1 Å². The molecule has 0 atom stereocenters. The Bertz CT molecular complexity index is 1020. The highest BCUT2D eigenvalue weighted by molar-refractivity contribution is 6.08. The lowest BCUT2D eigenvalue weighted by molar-refractivity contribution is 0.0527. The van der Waals surface area contributed by atoms with E-state index in [-0.39, 0.29) is 6.61 Å². The van der Waals surface area contributed by atoms with Crippen LogP contribution >= 0.6 is 0 Å². The number of methoxy groups -OCH3 is 1. The van der Waals surface area contributed by atoms with E-state index in [2.05, 4.69) is 15.6 Å². The molecule has 0 aliphatic carbocycles. The van der Waals surface area contributed by atoms with Gasteiger partial charge in [-0.15, -0.1) is 0 Å². The molecule has 2 aromatic carbocycles. The van der Waals surface area contributed by atoms with Gasteiger partial charge < -0.3 is 20.1 Å². The summed E-state index contributed by atoms with van der Waals surface area (Å²) < 4.78 is 10.4. The molecule has 3 rings (SSSR count). The molecule has 7 nitrogen and oxygen atoms in total. The van der Waals surface area contributed by atoms with Crippen molar-refractivity contribution in [1.82, 2.24) is 4.98 Å². The van der Waals surface area contributed by atoms with Crippen molar-refractivity contribution in [2.45, 2.75) is 6.92 Å². The minimum Gasteiger partial charge on any atom is -0.495 e. The fourth-order valence-electron chi connectivity index (χ4n) is 2.71. The van der Waals surface area contributed by atoms with Crippen molar-refractivity contribution in [3.8, 4) is 5.75 Å². The van der Waals surface area contributed by atoms with Crippen LogP contribution in [0.5, 0.6) is 5.75 Å². The maximum Gasteiger partial charge on any atom is 0.340 e. The van der Waals surface area contributed by atoms with Crippen molar-refractivity contribution < 1.29 is 19.1 Å². The van der Waals surface area contributed by atoms with Crippen molar-refractivity contribution in [2.24, 2.45) is 0 Å². The van der Waals surface area contributed by atoms with Gasteiger partial charge in [0, 0.05) is 6.20 Å². The minimum absolute atomic E-state index is 0.252. The molecule has 29 heavy (non-hydrogen) atoms. The molecule has 0 aliphatic heterocycles. The van der Waals surface area contributed by atoms with E-state index in [0.29, 0.717) is 28.3 Å². The van der Waals surface area contributed by atoms with Gasteiger partial charge in [0.1, 0.15) is 5.75 Å². The Kier molecular flexibility index (Phi) is 6.42. The summed E-state index contributed by atoms with van der Waals surface area (Å²) in [5, 5.41) is 5.93. The third-order valence-corrected chi connectivity index (χ3v) is 4.06. The third kappa shape index (κ3) is 4.90. The molecule has 2 N–H and O–H groups in total. The fraction of sp³-hybridized carbons (Fsp3) is 0.136. The van der Waals surface area contributed by atoms with Crippen LogP contribution in [0.1, 0.15) is 27.6 Å². The van der Waals surface area contributed by atoms with E-state index in [9.17, 15) is 9.59 Å². The summed E-state index contributed by atoms with van der Waals surface area (Å²) in [7, 11) is 1.59. The van der Waals surface area contributed by atoms with Gasteiger partial charge in [-0.2, -0.15) is 0 Å². The Balaban J connectivity index is 1.79. The van der Waals surface area contributed by atoms with Crippen LogP contribution in [0.25, 0.3) is 0 Å². The van der Waals surface area contributed by atoms with E-state index in [1.807, 2.05) is 24.3 Å². The molecule has 0 spiro atoms. The maximum absolute atomic E-state index is 12.7. The quantitative estimate of drug-likeness (QED) is 0.585. The van der Waals surface area contributed by atoms with Crippen LogP contribution in [0.2, 0.25) is 0 Å². The van der Waals surface area contributed by atoms with E-state index in [0.717, 1.165) is 5.69 Å². The van der Waals surface area contributed by atoms with Gasteiger partial charge in [0.25, 0.3) is 5.91 Å². The summed E-state index contributed by atoms with van der Waals surface area (Å²) in [5.41, 5.74) is 2.38. The van der Waals surface area contributed by atoms with Gasteiger partial charge in [0.05, 0.1) is 48.1 Å². The van der Waals surface area contributed by atoms with E-state index in [1.54, 1.807) is 50.6 Å². The molecular weight excluding hydrogens is 370 g/mol. The number of hydrogen-bond donors (Lipinski definition) is 2. The normalized spacial score (nSPS) is 10.1. The molecule has 0 saturated carbocycles. The molecule has 3 aromatic rings. The average molecular weight is 391 g/mol. The number of anilines is 3. The number of benzene rings is 2. The number of rotatable bonds is 7. The molecule has 7 heteroatoms. The standard InChI is InChI=1S/C22H21N3O4/c1-3-29-22(27)17-8-4-5-9-18(17)25-21(26)15-12-16(14-23-13-15)24-19-10-6-7-11-20(19)28-2/h4-14,24H,3H2,1-2H3,(H,25,26). The average Bonchev–Trinajstić information content (AvgIpc) is 2.75. The number of hydrogen-bond acceptors (Lipinski definition) is 6. The summed E-state index contributed by atoms with van der Waals surface area (Å²) in [6, 6.07) is 15.8. The number of amides is 1. The Labute approximate surface area is 168 Å². The van der Waals surface area contributed by atoms with Crippen LogP contribution in [0.3, 0.4) is 0 Å². The number of esters is 1. The maximum atomic E-state index is 12.7. The first-order chi connectivity index (χ1) is 14.1. The van der Waals surface area contributed by atoms with Crippen molar-refractivity contribution in [1.29, 1.82) is 0 Å². The Morgan fingerprint density at radius 1 is 1.00 bits per heavy atom. The summed E-state index contributed by atoms with van der Waals surface area (Å²) in [4.78, 5) is 28.9. The molecular formula is C22H21N3O4. The zero-order chi connectivity index (χ0) is 20.6. The van der Waals surface area contributed by atoms with Crippen LogP contribution in [0.15, 0.2) is 67.0 Å². The SMILES string of the molecule is CCOC(=O)c1ccccc1NC(=O)c1cncc(Nc2ccccc2OC)c1.